The summed E-state index contributed by atoms with van der Waals surface area (Å²) in [6.45, 7) is 11.9. The van der Waals surface area contributed by atoms with Gasteiger partial charge in [0.25, 0.3) is 0 Å². The number of ether oxygens (including phenoxy) is 2. The Kier molecular flexibility index (Phi) is 6.56. The molecule has 4 heteroatoms. The second-order valence-electron chi connectivity index (χ2n) is 6.06. The molecule has 0 unspecified atom stereocenters. The van der Waals surface area contributed by atoms with E-state index >= 15 is 0 Å². The lowest BCUT2D eigenvalue weighted by Gasteiger charge is -2.20. The lowest BCUT2D eigenvalue weighted by molar-refractivity contribution is 0.311. The van der Waals surface area contributed by atoms with Crippen molar-refractivity contribution in [1.29, 1.82) is 0 Å². The summed E-state index contributed by atoms with van der Waals surface area (Å²) in [6, 6.07) is 3.84. The van der Waals surface area contributed by atoms with Crippen LogP contribution >= 0.6 is 11.6 Å². The summed E-state index contributed by atoms with van der Waals surface area (Å²) >= 11 is 6.28. The van der Waals surface area contributed by atoms with E-state index in [1.807, 2.05) is 19.1 Å². The summed E-state index contributed by atoms with van der Waals surface area (Å²) in [7, 11) is 1.62. The van der Waals surface area contributed by atoms with E-state index in [2.05, 4.69) is 39.1 Å². The maximum atomic E-state index is 6.28. The number of benzene rings is 1. The molecule has 3 nitrogen and oxygen atoms in total. The van der Waals surface area contributed by atoms with Gasteiger partial charge in [0.05, 0.1) is 18.7 Å². The predicted octanol–water partition coefficient (Wildman–Crippen LogP) is 4.54. The van der Waals surface area contributed by atoms with Gasteiger partial charge in [0.2, 0.25) is 0 Å². The molecule has 0 aliphatic heterocycles. The van der Waals surface area contributed by atoms with Crippen LogP contribution in [0.25, 0.3) is 6.08 Å². The molecule has 0 fully saturated rings. The molecule has 0 bridgehead atoms. The Labute approximate surface area is 133 Å². The first-order valence-corrected chi connectivity index (χ1v) is 7.57. The summed E-state index contributed by atoms with van der Waals surface area (Å²) < 4.78 is 10.9. The number of methoxy groups -OCH3 is 1. The van der Waals surface area contributed by atoms with Crippen molar-refractivity contribution in [3.8, 4) is 11.5 Å². The summed E-state index contributed by atoms with van der Waals surface area (Å²) in [5, 5.41) is 4.03. The van der Waals surface area contributed by atoms with Gasteiger partial charge in [0.15, 0.2) is 11.5 Å². The second-order valence-corrected chi connectivity index (χ2v) is 6.47. The molecular formula is C17H26ClNO2. The summed E-state index contributed by atoms with van der Waals surface area (Å²) in [6.07, 6.45) is 2.10. The van der Waals surface area contributed by atoms with Crippen LogP contribution < -0.4 is 14.8 Å². The summed E-state index contributed by atoms with van der Waals surface area (Å²) in [5.74, 6) is 1.26. The molecule has 0 amide bonds. The summed E-state index contributed by atoms with van der Waals surface area (Å²) in [4.78, 5) is 0. The molecule has 1 N–H and O–H groups in total. The average Bonchev–Trinajstić information content (AvgIpc) is 2.38. The highest BCUT2D eigenvalue weighted by Gasteiger charge is 2.11. The highest BCUT2D eigenvalue weighted by Crippen LogP contribution is 2.36. The Morgan fingerprint density at radius 3 is 2.52 bits per heavy atom. The quantitative estimate of drug-likeness (QED) is 0.836. The monoisotopic (exact) mass is 311 g/mol. The van der Waals surface area contributed by atoms with Crippen LogP contribution in [0.15, 0.2) is 17.7 Å². The Balaban J connectivity index is 2.96. The Morgan fingerprint density at radius 1 is 1.33 bits per heavy atom. The van der Waals surface area contributed by atoms with Gasteiger partial charge in [-0.1, -0.05) is 23.3 Å². The molecule has 0 spiro atoms. The molecule has 1 rings (SSSR count). The minimum atomic E-state index is 0.100. The minimum absolute atomic E-state index is 0.100. The van der Waals surface area contributed by atoms with E-state index in [4.69, 9.17) is 21.1 Å². The van der Waals surface area contributed by atoms with Gasteiger partial charge in [-0.3, -0.25) is 0 Å². The van der Waals surface area contributed by atoms with Crippen molar-refractivity contribution in [2.24, 2.45) is 0 Å². The number of nitrogens with one attached hydrogen (secondary N) is 1. The third-order valence-corrected chi connectivity index (χ3v) is 3.13. The lowest BCUT2D eigenvalue weighted by atomic mass is 10.1. The fourth-order valence-corrected chi connectivity index (χ4v) is 2.12. The van der Waals surface area contributed by atoms with Crippen molar-refractivity contribution in [3.05, 3.63) is 28.3 Å². The van der Waals surface area contributed by atoms with Gasteiger partial charge in [-0.25, -0.2) is 0 Å². The van der Waals surface area contributed by atoms with E-state index in [1.54, 1.807) is 7.11 Å². The van der Waals surface area contributed by atoms with Crippen molar-refractivity contribution < 1.29 is 9.47 Å². The van der Waals surface area contributed by atoms with E-state index in [9.17, 15) is 0 Å². The zero-order chi connectivity index (χ0) is 16.0. The molecule has 0 atom stereocenters. The molecule has 21 heavy (non-hydrogen) atoms. The van der Waals surface area contributed by atoms with Gasteiger partial charge in [-0.05, 0) is 52.3 Å². The normalized spacial score (nSPS) is 12.4. The van der Waals surface area contributed by atoms with Crippen molar-refractivity contribution in [3.63, 3.8) is 0 Å². The van der Waals surface area contributed by atoms with Crippen LogP contribution in [-0.2, 0) is 0 Å². The Hall–Kier alpha value is -1.19. The van der Waals surface area contributed by atoms with Crippen LogP contribution in [0.1, 0.15) is 40.2 Å². The minimum Gasteiger partial charge on any atom is -0.493 e. The molecule has 0 aliphatic carbocycles. The predicted molar refractivity (Wildman–Crippen MR) is 90.6 cm³/mol. The third kappa shape index (κ3) is 5.98. The van der Waals surface area contributed by atoms with E-state index in [0.29, 0.717) is 23.1 Å². The number of hydrogen-bond donors (Lipinski definition) is 1. The first kappa shape index (κ1) is 17.9. The smallest absolute Gasteiger partial charge is 0.179 e. The molecule has 0 radical (unpaired) electrons. The van der Waals surface area contributed by atoms with Crippen molar-refractivity contribution >= 4 is 17.7 Å². The van der Waals surface area contributed by atoms with Gasteiger partial charge < -0.3 is 14.8 Å². The van der Waals surface area contributed by atoms with E-state index in [0.717, 1.165) is 12.1 Å². The number of halogens is 1. The molecule has 0 heterocycles. The van der Waals surface area contributed by atoms with Crippen molar-refractivity contribution in [2.45, 2.75) is 40.2 Å². The SMILES string of the molecule is CCOc1c(Cl)cc(C=C(C)CNC(C)(C)C)cc1OC. The fourth-order valence-electron chi connectivity index (χ4n) is 1.85. The highest BCUT2D eigenvalue weighted by molar-refractivity contribution is 6.32. The number of rotatable bonds is 6. The maximum Gasteiger partial charge on any atom is 0.179 e. The van der Waals surface area contributed by atoms with E-state index in [1.165, 1.54) is 5.57 Å². The topological polar surface area (TPSA) is 30.5 Å². The molecule has 1 aromatic carbocycles. The lowest BCUT2D eigenvalue weighted by Crippen LogP contribution is -2.36. The molecule has 0 saturated heterocycles. The third-order valence-electron chi connectivity index (χ3n) is 2.85. The first-order chi connectivity index (χ1) is 9.76. The summed E-state index contributed by atoms with van der Waals surface area (Å²) in [5.41, 5.74) is 2.34. The van der Waals surface area contributed by atoms with Crippen LogP contribution in [0, 0.1) is 0 Å². The van der Waals surface area contributed by atoms with E-state index < -0.39 is 0 Å². The number of hydrogen-bond acceptors (Lipinski definition) is 3. The molecule has 1 aromatic rings. The average molecular weight is 312 g/mol. The zero-order valence-electron chi connectivity index (χ0n) is 13.8. The molecule has 0 saturated carbocycles. The fraction of sp³-hybridized carbons (Fsp3) is 0.529. The van der Waals surface area contributed by atoms with Gasteiger partial charge in [0, 0.05) is 12.1 Å². The molecule has 118 valence electrons. The van der Waals surface area contributed by atoms with Crippen LogP contribution in [0.2, 0.25) is 5.02 Å². The van der Waals surface area contributed by atoms with Crippen molar-refractivity contribution in [2.75, 3.05) is 20.3 Å². The van der Waals surface area contributed by atoms with Crippen LogP contribution in [-0.4, -0.2) is 25.8 Å². The highest BCUT2D eigenvalue weighted by atomic mass is 35.5. The molecule has 0 aliphatic rings. The van der Waals surface area contributed by atoms with Gasteiger partial charge in [-0.15, -0.1) is 0 Å². The van der Waals surface area contributed by atoms with Gasteiger partial charge in [-0.2, -0.15) is 0 Å². The van der Waals surface area contributed by atoms with Crippen LogP contribution in [0.4, 0.5) is 0 Å². The Bertz CT molecular complexity index is 504. The Morgan fingerprint density at radius 2 is 2.00 bits per heavy atom. The zero-order valence-corrected chi connectivity index (χ0v) is 14.6. The van der Waals surface area contributed by atoms with Crippen LogP contribution in [0.3, 0.4) is 0 Å². The van der Waals surface area contributed by atoms with Crippen LogP contribution in [0.5, 0.6) is 11.5 Å². The maximum absolute atomic E-state index is 6.28. The van der Waals surface area contributed by atoms with Crippen molar-refractivity contribution in [1.82, 2.24) is 5.32 Å². The van der Waals surface area contributed by atoms with E-state index in [-0.39, 0.29) is 5.54 Å². The molecular weight excluding hydrogens is 286 g/mol. The largest absolute Gasteiger partial charge is 0.493 e. The van der Waals surface area contributed by atoms with Gasteiger partial charge >= 0.3 is 0 Å². The second kappa shape index (κ2) is 7.71. The first-order valence-electron chi connectivity index (χ1n) is 7.19. The van der Waals surface area contributed by atoms with Gasteiger partial charge in [0.1, 0.15) is 0 Å². The molecule has 0 aromatic heterocycles. The standard InChI is InChI=1S/C17H26ClNO2/c1-7-21-16-14(18)9-13(10-15(16)20-6)8-12(2)11-19-17(3,4)5/h8-10,19H,7,11H2,1-6H3.